The summed E-state index contributed by atoms with van der Waals surface area (Å²) in [5.74, 6) is 0.756. The monoisotopic (exact) mass is 462 g/mol. The van der Waals surface area contributed by atoms with E-state index in [9.17, 15) is 4.79 Å². The molecule has 1 amide bonds. The molecule has 0 atom stereocenters. The van der Waals surface area contributed by atoms with Crippen LogP contribution in [0.4, 0.5) is 10.6 Å². The van der Waals surface area contributed by atoms with Crippen LogP contribution in [0.1, 0.15) is 26.5 Å². The minimum atomic E-state index is -0.509. The lowest BCUT2D eigenvalue weighted by Gasteiger charge is -2.36. The van der Waals surface area contributed by atoms with E-state index in [0.29, 0.717) is 53.1 Å². The Bertz CT molecular complexity index is 1130. The van der Waals surface area contributed by atoms with Gasteiger partial charge in [-0.15, -0.1) is 0 Å². The van der Waals surface area contributed by atoms with Gasteiger partial charge in [-0.1, -0.05) is 35.3 Å². The molecule has 0 bridgehead atoms. The van der Waals surface area contributed by atoms with Crippen LogP contribution in [0.2, 0.25) is 10.0 Å². The molecule has 10 heteroatoms. The molecule has 0 aliphatic carbocycles. The van der Waals surface area contributed by atoms with Crippen LogP contribution < -0.4 is 4.90 Å². The lowest BCUT2D eigenvalue weighted by atomic mass is 10.1. The number of piperazine rings is 1. The largest absolute Gasteiger partial charge is 0.444 e. The number of rotatable bonds is 2. The maximum absolute atomic E-state index is 12.3. The van der Waals surface area contributed by atoms with Crippen molar-refractivity contribution in [3.8, 4) is 11.3 Å². The van der Waals surface area contributed by atoms with Gasteiger partial charge in [-0.05, 0) is 33.8 Å². The van der Waals surface area contributed by atoms with Crippen LogP contribution in [0.5, 0.6) is 0 Å². The Kier molecular flexibility index (Phi) is 5.70. The predicted molar refractivity (Wildman–Crippen MR) is 122 cm³/mol. The van der Waals surface area contributed by atoms with Crippen molar-refractivity contribution in [2.45, 2.75) is 33.3 Å². The third kappa shape index (κ3) is 4.41. The van der Waals surface area contributed by atoms with Crippen LogP contribution in [-0.4, -0.2) is 62.9 Å². The van der Waals surface area contributed by atoms with Crippen molar-refractivity contribution in [3.05, 3.63) is 33.9 Å². The first kappa shape index (κ1) is 21.6. The lowest BCUT2D eigenvalue weighted by molar-refractivity contribution is 0.0240. The zero-order valence-electron chi connectivity index (χ0n) is 17.9. The number of aryl methyl sites for hydroxylation is 1. The first-order chi connectivity index (χ1) is 14.6. The number of nitrogens with one attached hydrogen (secondary N) is 1. The molecule has 1 aliphatic rings. The summed E-state index contributed by atoms with van der Waals surface area (Å²) < 4.78 is 5.47. The van der Waals surface area contributed by atoms with E-state index in [1.807, 2.05) is 39.8 Å². The summed E-state index contributed by atoms with van der Waals surface area (Å²) in [6.45, 7) is 9.89. The van der Waals surface area contributed by atoms with Gasteiger partial charge in [0.2, 0.25) is 5.65 Å². The normalized spacial score (nSPS) is 14.9. The van der Waals surface area contributed by atoms with Gasteiger partial charge in [0.25, 0.3) is 0 Å². The summed E-state index contributed by atoms with van der Waals surface area (Å²) in [6, 6.07) is 5.43. The topological polar surface area (TPSA) is 87.2 Å². The summed E-state index contributed by atoms with van der Waals surface area (Å²) in [5, 5.41) is 8.23. The Morgan fingerprint density at radius 2 is 1.84 bits per heavy atom. The maximum Gasteiger partial charge on any atom is 0.410 e. The number of halogens is 2. The minimum absolute atomic E-state index is 0.291. The van der Waals surface area contributed by atoms with Crippen LogP contribution >= 0.6 is 23.2 Å². The smallest absolute Gasteiger partial charge is 0.410 e. The Balaban J connectivity index is 1.56. The molecule has 0 saturated carbocycles. The van der Waals surface area contributed by atoms with Gasteiger partial charge >= 0.3 is 6.09 Å². The molecule has 1 N–H and O–H groups in total. The summed E-state index contributed by atoms with van der Waals surface area (Å²) >= 11 is 12.5. The van der Waals surface area contributed by atoms with Gasteiger partial charge < -0.3 is 14.5 Å². The van der Waals surface area contributed by atoms with E-state index in [1.165, 1.54) is 0 Å². The quantitative estimate of drug-likeness (QED) is 0.593. The van der Waals surface area contributed by atoms with Gasteiger partial charge in [-0.25, -0.2) is 14.8 Å². The van der Waals surface area contributed by atoms with Crippen molar-refractivity contribution in [1.29, 1.82) is 0 Å². The molecule has 3 heterocycles. The average molecular weight is 463 g/mol. The molecule has 1 aromatic carbocycles. The number of amides is 1. The number of hydrogen-bond acceptors (Lipinski definition) is 6. The summed E-state index contributed by atoms with van der Waals surface area (Å²) in [6.07, 6.45) is -0.291. The number of ether oxygens (including phenoxy) is 1. The number of aromatic nitrogens is 4. The summed E-state index contributed by atoms with van der Waals surface area (Å²) in [4.78, 5) is 25.6. The Morgan fingerprint density at radius 1 is 1.13 bits per heavy atom. The standard InChI is InChI=1S/C21H24Cl2N6O2/c1-12-19(28-8-10-29(11-9-28)20(30)31-21(2,3)4)25-18-17(24-12)16(26-27-18)13-6-5-7-14(22)15(13)23/h5-7H,8-11H2,1-4H3,(H,25,26,27). The van der Waals surface area contributed by atoms with Crippen molar-refractivity contribution in [2.75, 3.05) is 31.1 Å². The van der Waals surface area contributed by atoms with Crippen LogP contribution in [-0.2, 0) is 4.74 Å². The van der Waals surface area contributed by atoms with Gasteiger partial charge in [-0.2, -0.15) is 5.10 Å². The Hall–Kier alpha value is -2.58. The Morgan fingerprint density at radius 3 is 2.52 bits per heavy atom. The van der Waals surface area contributed by atoms with Crippen LogP contribution in [0.25, 0.3) is 22.4 Å². The number of carbonyl (C=O) groups is 1. The van der Waals surface area contributed by atoms with E-state index in [-0.39, 0.29) is 6.09 Å². The fourth-order valence-electron chi connectivity index (χ4n) is 3.52. The highest BCUT2D eigenvalue weighted by molar-refractivity contribution is 6.43. The zero-order chi connectivity index (χ0) is 22.3. The van der Waals surface area contributed by atoms with E-state index in [2.05, 4.69) is 15.1 Å². The lowest BCUT2D eigenvalue weighted by Crippen LogP contribution is -2.50. The SMILES string of the molecule is Cc1nc2c(-c3cccc(Cl)c3Cl)[nH]nc2nc1N1CCN(C(=O)OC(C)(C)C)CC1. The Labute approximate surface area is 190 Å². The number of hydrogen-bond donors (Lipinski definition) is 1. The van der Waals surface area contributed by atoms with E-state index in [0.717, 1.165) is 17.1 Å². The van der Waals surface area contributed by atoms with E-state index >= 15 is 0 Å². The molecular weight excluding hydrogens is 439 g/mol. The van der Waals surface area contributed by atoms with Crippen molar-refractivity contribution >= 4 is 46.3 Å². The van der Waals surface area contributed by atoms with Crippen LogP contribution in [0.3, 0.4) is 0 Å². The molecule has 1 aliphatic heterocycles. The maximum atomic E-state index is 12.3. The fourth-order valence-corrected chi connectivity index (χ4v) is 3.92. The molecule has 31 heavy (non-hydrogen) atoms. The zero-order valence-corrected chi connectivity index (χ0v) is 19.4. The fraction of sp³-hybridized carbons (Fsp3) is 0.429. The van der Waals surface area contributed by atoms with Gasteiger partial charge in [-0.3, -0.25) is 5.10 Å². The molecule has 8 nitrogen and oxygen atoms in total. The number of fused-ring (bicyclic) bond motifs is 1. The number of anilines is 1. The van der Waals surface area contributed by atoms with Crippen molar-refractivity contribution < 1.29 is 9.53 Å². The first-order valence-corrected chi connectivity index (χ1v) is 10.8. The van der Waals surface area contributed by atoms with Crippen molar-refractivity contribution in [3.63, 3.8) is 0 Å². The molecule has 0 radical (unpaired) electrons. The molecule has 2 aromatic heterocycles. The molecule has 0 spiro atoms. The second-order valence-corrected chi connectivity index (χ2v) is 9.24. The molecule has 4 rings (SSSR count). The third-order valence-electron chi connectivity index (χ3n) is 4.99. The number of nitrogens with zero attached hydrogens (tertiary/aromatic N) is 5. The average Bonchev–Trinajstić information content (AvgIpc) is 3.11. The summed E-state index contributed by atoms with van der Waals surface area (Å²) in [5.41, 5.74) is 2.81. The number of benzene rings is 1. The highest BCUT2D eigenvalue weighted by atomic mass is 35.5. The molecule has 1 fully saturated rings. The summed E-state index contributed by atoms with van der Waals surface area (Å²) in [7, 11) is 0. The minimum Gasteiger partial charge on any atom is -0.444 e. The second-order valence-electron chi connectivity index (χ2n) is 8.46. The van der Waals surface area contributed by atoms with Crippen molar-refractivity contribution in [1.82, 2.24) is 25.1 Å². The highest BCUT2D eigenvalue weighted by Gasteiger charge is 2.27. The van der Waals surface area contributed by atoms with Gasteiger partial charge in [0.05, 0.1) is 21.4 Å². The van der Waals surface area contributed by atoms with Gasteiger partial charge in [0, 0.05) is 31.7 Å². The third-order valence-corrected chi connectivity index (χ3v) is 5.81. The highest BCUT2D eigenvalue weighted by Crippen LogP contribution is 2.35. The molecule has 3 aromatic rings. The molecule has 0 unspecified atom stereocenters. The molecule has 164 valence electrons. The predicted octanol–water partition coefficient (Wildman–Crippen LogP) is 4.69. The van der Waals surface area contributed by atoms with Gasteiger partial charge in [0.15, 0.2) is 5.82 Å². The van der Waals surface area contributed by atoms with E-state index in [1.54, 1.807) is 11.0 Å². The second kappa shape index (κ2) is 8.16. The molecular formula is C21H24Cl2N6O2. The molecule has 1 saturated heterocycles. The number of aromatic amines is 1. The van der Waals surface area contributed by atoms with E-state index < -0.39 is 5.60 Å². The van der Waals surface area contributed by atoms with E-state index in [4.69, 9.17) is 37.9 Å². The van der Waals surface area contributed by atoms with Crippen LogP contribution in [0, 0.1) is 6.92 Å². The van der Waals surface area contributed by atoms with Crippen LogP contribution in [0.15, 0.2) is 18.2 Å². The number of H-pyrrole nitrogens is 1. The van der Waals surface area contributed by atoms with Crippen molar-refractivity contribution in [2.24, 2.45) is 0 Å². The first-order valence-electron chi connectivity index (χ1n) is 10.0. The number of carbonyl (C=O) groups excluding carboxylic acids is 1. The van der Waals surface area contributed by atoms with Gasteiger partial charge in [0.1, 0.15) is 11.1 Å².